The summed E-state index contributed by atoms with van der Waals surface area (Å²) < 4.78 is 0. The fourth-order valence-corrected chi connectivity index (χ4v) is 1.82. The van der Waals surface area contributed by atoms with Gasteiger partial charge in [-0.15, -0.1) is 0 Å². The van der Waals surface area contributed by atoms with Crippen molar-refractivity contribution in [2.75, 3.05) is 5.43 Å². The Balaban J connectivity index is 2.06. The fourth-order valence-electron chi connectivity index (χ4n) is 1.82. The molecule has 86 valence electrons. The molecule has 0 bridgehead atoms. The summed E-state index contributed by atoms with van der Waals surface area (Å²) in [5.74, 6) is 7.55. The second-order valence-electron chi connectivity index (χ2n) is 4.28. The number of nitrogens with two attached hydrogens (primary N) is 1. The zero-order valence-corrected chi connectivity index (χ0v) is 9.43. The molecule has 0 radical (unpaired) electrons. The third kappa shape index (κ3) is 2.12. The van der Waals surface area contributed by atoms with Gasteiger partial charge in [0.1, 0.15) is 11.6 Å². The number of hydrazine groups is 1. The summed E-state index contributed by atoms with van der Waals surface area (Å²) in [4.78, 5) is 9.00. The number of benzene rings is 1. The van der Waals surface area contributed by atoms with E-state index in [2.05, 4.69) is 15.4 Å². The Morgan fingerprint density at radius 1 is 1.12 bits per heavy atom. The number of hydrogen-bond acceptors (Lipinski definition) is 4. The minimum absolute atomic E-state index is 0.519. The molecule has 1 aliphatic carbocycles. The SMILES string of the molecule is NNc1cc(-c2ccccc2)nc(C2CC2)n1. The second kappa shape index (κ2) is 4.14. The number of nitrogen functional groups attached to an aromatic ring is 1. The van der Waals surface area contributed by atoms with Crippen LogP contribution >= 0.6 is 0 Å². The molecule has 0 amide bonds. The Morgan fingerprint density at radius 3 is 2.53 bits per heavy atom. The van der Waals surface area contributed by atoms with Crippen LogP contribution in [-0.4, -0.2) is 9.97 Å². The third-order valence-electron chi connectivity index (χ3n) is 2.90. The van der Waals surface area contributed by atoms with Crippen molar-refractivity contribution in [3.8, 4) is 11.3 Å². The quantitative estimate of drug-likeness (QED) is 0.622. The predicted molar refractivity (Wildman–Crippen MR) is 67.3 cm³/mol. The standard InChI is InChI=1S/C13H14N4/c14-17-12-8-11(9-4-2-1-3-5-9)15-13(16-12)10-6-7-10/h1-5,8,10H,6-7,14H2,(H,15,16,17). The number of aromatic nitrogens is 2. The molecule has 2 aromatic rings. The van der Waals surface area contributed by atoms with E-state index in [4.69, 9.17) is 5.84 Å². The van der Waals surface area contributed by atoms with E-state index in [1.54, 1.807) is 0 Å². The molecule has 1 heterocycles. The smallest absolute Gasteiger partial charge is 0.144 e. The molecule has 3 N–H and O–H groups in total. The van der Waals surface area contributed by atoms with Crippen LogP contribution in [0.5, 0.6) is 0 Å². The van der Waals surface area contributed by atoms with E-state index in [-0.39, 0.29) is 0 Å². The second-order valence-corrected chi connectivity index (χ2v) is 4.28. The highest BCUT2D eigenvalue weighted by Crippen LogP contribution is 2.39. The average Bonchev–Trinajstić information content (AvgIpc) is 3.23. The maximum absolute atomic E-state index is 5.45. The molecule has 1 aliphatic rings. The van der Waals surface area contributed by atoms with Gasteiger partial charge in [0.25, 0.3) is 0 Å². The van der Waals surface area contributed by atoms with E-state index in [1.165, 1.54) is 12.8 Å². The molecule has 17 heavy (non-hydrogen) atoms. The Bertz CT molecular complexity index is 520. The van der Waals surface area contributed by atoms with Crippen molar-refractivity contribution in [3.05, 3.63) is 42.2 Å². The summed E-state index contributed by atoms with van der Waals surface area (Å²) in [6.45, 7) is 0. The van der Waals surface area contributed by atoms with E-state index in [0.29, 0.717) is 11.7 Å². The van der Waals surface area contributed by atoms with Crippen LogP contribution in [0.4, 0.5) is 5.82 Å². The number of hydrogen-bond donors (Lipinski definition) is 2. The molecule has 4 nitrogen and oxygen atoms in total. The van der Waals surface area contributed by atoms with Gasteiger partial charge >= 0.3 is 0 Å². The van der Waals surface area contributed by atoms with Crippen LogP contribution in [0.3, 0.4) is 0 Å². The number of rotatable bonds is 3. The van der Waals surface area contributed by atoms with E-state index in [0.717, 1.165) is 17.1 Å². The predicted octanol–water partition coefficient (Wildman–Crippen LogP) is 2.31. The molecule has 0 aliphatic heterocycles. The summed E-state index contributed by atoms with van der Waals surface area (Å²) >= 11 is 0. The Hall–Kier alpha value is -1.94. The average molecular weight is 226 g/mol. The van der Waals surface area contributed by atoms with Crippen LogP contribution in [0.25, 0.3) is 11.3 Å². The topological polar surface area (TPSA) is 63.8 Å². The van der Waals surface area contributed by atoms with Crippen molar-refractivity contribution in [2.45, 2.75) is 18.8 Å². The first-order valence-electron chi connectivity index (χ1n) is 5.78. The first kappa shape index (κ1) is 10.2. The fraction of sp³-hybridized carbons (Fsp3) is 0.231. The number of nitrogens with one attached hydrogen (secondary N) is 1. The highest BCUT2D eigenvalue weighted by Gasteiger charge is 2.27. The normalized spacial score (nSPS) is 14.6. The van der Waals surface area contributed by atoms with Crippen LogP contribution in [0.2, 0.25) is 0 Å². The van der Waals surface area contributed by atoms with Gasteiger partial charge in [0.05, 0.1) is 5.69 Å². The van der Waals surface area contributed by atoms with E-state index >= 15 is 0 Å². The molecular weight excluding hydrogens is 212 g/mol. The van der Waals surface area contributed by atoms with Gasteiger partial charge in [-0.25, -0.2) is 15.8 Å². The van der Waals surface area contributed by atoms with E-state index in [1.807, 2.05) is 36.4 Å². The van der Waals surface area contributed by atoms with E-state index < -0.39 is 0 Å². The zero-order valence-electron chi connectivity index (χ0n) is 9.43. The lowest BCUT2D eigenvalue weighted by molar-refractivity contribution is 0.929. The lowest BCUT2D eigenvalue weighted by Gasteiger charge is -2.07. The summed E-state index contributed by atoms with van der Waals surface area (Å²) in [5, 5.41) is 0. The highest BCUT2D eigenvalue weighted by atomic mass is 15.3. The summed E-state index contributed by atoms with van der Waals surface area (Å²) in [6, 6.07) is 12.0. The molecule has 1 aromatic carbocycles. The molecule has 4 heteroatoms. The van der Waals surface area contributed by atoms with Gasteiger partial charge in [0.15, 0.2) is 0 Å². The first-order valence-corrected chi connectivity index (χ1v) is 5.78. The van der Waals surface area contributed by atoms with Crippen LogP contribution < -0.4 is 11.3 Å². The molecule has 0 unspecified atom stereocenters. The third-order valence-corrected chi connectivity index (χ3v) is 2.90. The van der Waals surface area contributed by atoms with E-state index in [9.17, 15) is 0 Å². The van der Waals surface area contributed by atoms with Gasteiger partial charge < -0.3 is 5.43 Å². The molecule has 0 spiro atoms. The van der Waals surface area contributed by atoms with Gasteiger partial charge in [-0.1, -0.05) is 30.3 Å². The van der Waals surface area contributed by atoms with Crippen molar-refractivity contribution < 1.29 is 0 Å². The molecule has 0 atom stereocenters. The van der Waals surface area contributed by atoms with Gasteiger partial charge in [0, 0.05) is 17.5 Å². The van der Waals surface area contributed by atoms with Crippen LogP contribution in [0.15, 0.2) is 36.4 Å². The minimum Gasteiger partial charge on any atom is -0.308 e. The summed E-state index contributed by atoms with van der Waals surface area (Å²) in [6.07, 6.45) is 2.37. The lowest BCUT2D eigenvalue weighted by Crippen LogP contribution is -2.10. The number of anilines is 1. The monoisotopic (exact) mass is 226 g/mol. The van der Waals surface area contributed by atoms with Gasteiger partial charge in [-0.05, 0) is 12.8 Å². The van der Waals surface area contributed by atoms with Crippen molar-refractivity contribution in [2.24, 2.45) is 5.84 Å². The maximum Gasteiger partial charge on any atom is 0.144 e. The molecule has 1 saturated carbocycles. The van der Waals surface area contributed by atoms with Gasteiger partial charge in [0.2, 0.25) is 0 Å². The molecular formula is C13H14N4. The van der Waals surface area contributed by atoms with Crippen molar-refractivity contribution in [1.29, 1.82) is 0 Å². The minimum atomic E-state index is 0.519. The van der Waals surface area contributed by atoms with Crippen LogP contribution in [0, 0.1) is 0 Å². The lowest BCUT2D eigenvalue weighted by atomic mass is 10.1. The molecule has 0 saturated heterocycles. The Labute approximate surface area is 99.9 Å². The molecule has 1 aromatic heterocycles. The number of nitrogens with zero attached hydrogens (tertiary/aromatic N) is 2. The molecule has 1 fully saturated rings. The van der Waals surface area contributed by atoms with Crippen molar-refractivity contribution in [1.82, 2.24) is 9.97 Å². The van der Waals surface area contributed by atoms with Gasteiger partial charge in [-0.3, -0.25) is 0 Å². The highest BCUT2D eigenvalue weighted by molar-refractivity contribution is 5.62. The van der Waals surface area contributed by atoms with Crippen LogP contribution in [0.1, 0.15) is 24.6 Å². The van der Waals surface area contributed by atoms with Gasteiger partial charge in [-0.2, -0.15) is 0 Å². The largest absolute Gasteiger partial charge is 0.308 e. The maximum atomic E-state index is 5.45. The molecule has 3 rings (SSSR count). The van der Waals surface area contributed by atoms with Crippen LogP contribution in [-0.2, 0) is 0 Å². The Kier molecular flexibility index (Phi) is 2.49. The summed E-state index contributed by atoms with van der Waals surface area (Å²) in [5.41, 5.74) is 4.63. The first-order chi connectivity index (χ1) is 8.36. The van der Waals surface area contributed by atoms with Crippen molar-refractivity contribution >= 4 is 5.82 Å². The summed E-state index contributed by atoms with van der Waals surface area (Å²) in [7, 11) is 0. The van der Waals surface area contributed by atoms with Crippen molar-refractivity contribution in [3.63, 3.8) is 0 Å². The Morgan fingerprint density at radius 2 is 1.88 bits per heavy atom. The zero-order chi connectivity index (χ0) is 11.7.